The van der Waals surface area contributed by atoms with Crippen molar-refractivity contribution in [2.75, 3.05) is 39.8 Å². The standard InChI is InChI=1S/C36H48N6O4S/c1-36(2,3)26-8-9-28-25(18-26)19-30-34(39-28)47-35(40-30)33(46)38-29(12-15-42-13-10-27(43)11-14-42)23-6-5-7-24(17-23)32(45)37-20-22-16-31(44)41(4)21-22/h5-7,17,19,22,26-27,29,43H,8-16,18,20-21H2,1-4H3,(H,37,45)(H,38,46)/t22?,26-,29+/m0/s1. The zero-order valence-corrected chi connectivity index (χ0v) is 28.9. The number of likely N-dealkylation sites (tertiary alicyclic amines) is 2. The molecule has 3 atom stereocenters. The summed E-state index contributed by atoms with van der Waals surface area (Å²) in [5, 5.41) is 16.6. The van der Waals surface area contributed by atoms with E-state index in [1.165, 1.54) is 16.9 Å². The average Bonchev–Trinajstić information content (AvgIpc) is 3.61. The van der Waals surface area contributed by atoms with Gasteiger partial charge in [0.25, 0.3) is 11.8 Å². The Labute approximate surface area is 281 Å². The minimum Gasteiger partial charge on any atom is -0.393 e. The number of aryl methyl sites for hydroxylation is 1. The highest BCUT2D eigenvalue weighted by Crippen LogP contribution is 2.38. The summed E-state index contributed by atoms with van der Waals surface area (Å²) in [6.45, 7) is 10.3. The fourth-order valence-electron chi connectivity index (χ4n) is 7.17. The van der Waals surface area contributed by atoms with E-state index in [9.17, 15) is 19.5 Å². The summed E-state index contributed by atoms with van der Waals surface area (Å²) in [7, 11) is 1.79. The van der Waals surface area contributed by atoms with Crippen molar-refractivity contribution in [2.45, 2.75) is 77.9 Å². The Morgan fingerprint density at radius 3 is 2.60 bits per heavy atom. The van der Waals surface area contributed by atoms with Gasteiger partial charge in [-0.25, -0.2) is 9.97 Å². The first kappa shape index (κ1) is 33.5. The second-order valence-electron chi connectivity index (χ2n) is 14.8. The smallest absolute Gasteiger partial charge is 0.280 e. The topological polar surface area (TPSA) is 128 Å². The van der Waals surface area contributed by atoms with Crippen molar-refractivity contribution in [2.24, 2.45) is 17.3 Å². The summed E-state index contributed by atoms with van der Waals surface area (Å²) >= 11 is 1.33. The molecule has 1 aliphatic carbocycles. The summed E-state index contributed by atoms with van der Waals surface area (Å²) in [5.74, 6) is 0.349. The Morgan fingerprint density at radius 1 is 1.09 bits per heavy atom. The number of aliphatic hydroxyl groups is 1. The average molecular weight is 661 g/mol. The first-order valence-electron chi connectivity index (χ1n) is 17.1. The molecule has 0 saturated carbocycles. The van der Waals surface area contributed by atoms with Crippen molar-refractivity contribution in [3.8, 4) is 0 Å². The van der Waals surface area contributed by atoms with Crippen LogP contribution in [0.2, 0.25) is 0 Å². The lowest BCUT2D eigenvalue weighted by atomic mass is 9.71. The maximum atomic E-state index is 13.8. The fourth-order valence-corrected chi connectivity index (χ4v) is 8.02. The summed E-state index contributed by atoms with van der Waals surface area (Å²) in [4.78, 5) is 53.3. The monoisotopic (exact) mass is 660 g/mol. The van der Waals surface area contributed by atoms with Crippen LogP contribution in [-0.4, -0.2) is 88.5 Å². The number of aliphatic hydroxyl groups excluding tert-OH is 1. The molecule has 2 aromatic heterocycles. The molecule has 252 valence electrons. The number of thiazole rings is 1. The number of carbonyl (C=O) groups excluding carboxylic acids is 3. The molecule has 11 heteroatoms. The summed E-state index contributed by atoms with van der Waals surface area (Å²) in [5.41, 5.74) is 4.73. The molecule has 1 aromatic carbocycles. The molecule has 0 spiro atoms. The highest BCUT2D eigenvalue weighted by Gasteiger charge is 2.31. The number of carbonyl (C=O) groups is 3. The number of benzene rings is 1. The second kappa shape index (κ2) is 14.0. The van der Waals surface area contributed by atoms with Crippen LogP contribution in [0, 0.1) is 17.3 Å². The van der Waals surface area contributed by atoms with Crippen molar-refractivity contribution < 1.29 is 19.5 Å². The van der Waals surface area contributed by atoms with Crippen molar-refractivity contribution in [1.82, 2.24) is 30.4 Å². The second-order valence-corrected chi connectivity index (χ2v) is 15.8. The van der Waals surface area contributed by atoms with E-state index in [0.717, 1.165) is 73.3 Å². The lowest BCUT2D eigenvalue weighted by Crippen LogP contribution is -2.38. The predicted octanol–water partition coefficient (Wildman–Crippen LogP) is 4.37. The SMILES string of the molecule is CN1CC(CNC(=O)c2cccc([C@@H](CCN3CCC(O)CC3)NC(=O)c3nc4cc5c(nc4s3)CC[C@H](C(C)(C)C)C5)c2)CC1=O. The summed E-state index contributed by atoms with van der Waals surface area (Å²) < 4.78 is 0. The number of hydrogen-bond donors (Lipinski definition) is 3. The first-order chi connectivity index (χ1) is 22.4. The van der Waals surface area contributed by atoms with Gasteiger partial charge < -0.3 is 25.5 Å². The maximum absolute atomic E-state index is 13.8. The van der Waals surface area contributed by atoms with Gasteiger partial charge in [-0.3, -0.25) is 14.4 Å². The van der Waals surface area contributed by atoms with Gasteiger partial charge in [-0.1, -0.05) is 44.2 Å². The highest BCUT2D eigenvalue weighted by atomic mass is 32.1. The Bertz CT molecular complexity index is 1630. The van der Waals surface area contributed by atoms with E-state index in [4.69, 9.17) is 9.97 Å². The Hall–Kier alpha value is -3.41. The van der Waals surface area contributed by atoms with Crippen molar-refractivity contribution in [3.05, 3.63) is 57.7 Å². The van der Waals surface area contributed by atoms with Gasteiger partial charge in [0.1, 0.15) is 10.3 Å². The highest BCUT2D eigenvalue weighted by molar-refractivity contribution is 7.19. The minimum atomic E-state index is -0.344. The van der Waals surface area contributed by atoms with Crippen LogP contribution in [0.5, 0.6) is 0 Å². The van der Waals surface area contributed by atoms with Gasteiger partial charge in [-0.15, -0.1) is 0 Å². The van der Waals surface area contributed by atoms with Gasteiger partial charge in [-0.2, -0.15) is 0 Å². The lowest BCUT2D eigenvalue weighted by molar-refractivity contribution is -0.126. The fraction of sp³-hybridized carbons (Fsp3) is 0.583. The van der Waals surface area contributed by atoms with Crippen LogP contribution in [0.1, 0.15) is 95.9 Å². The van der Waals surface area contributed by atoms with Gasteiger partial charge >= 0.3 is 0 Å². The third kappa shape index (κ3) is 8.01. The van der Waals surface area contributed by atoms with E-state index in [2.05, 4.69) is 42.4 Å². The molecule has 0 radical (unpaired) electrons. The van der Waals surface area contributed by atoms with E-state index in [0.29, 0.717) is 42.4 Å². The number of piperidine rings is 1. The van der Waals surface area contributed by atoms with Crippen LogP contribution in [0.4, 0.5) is 0 Å². The van der Waals surface area contributed by atoms with Gasteiger partial charge in [0.05, 0.1) is 12.1 Å². The first-order valence-corrected chi connectivity index (χ1v) is 17.9. The molecule has 2 fully saturated rings. The molecule has 0 bridgehead atoms. The van der Waals surface area contributed by atoms with Crippen LogP contribution >= 0.6 is 11.3 Å². The number of fused-ring (bicyclic) bond motifs is 2. The molecule has 2 aliphatic heterocycles. The normalized spacial score (nSPS) is 21.6. The quantitative estimate of drug-likeness (QED) is 0.311. The number of pyridine rings is 1. The van der Waals surface area contributed by atoms with Crippen LogP contribution in [0.15, 0.2) is 30.3 Å². The molecule has 47 heavy (non-hydrogen) atoms. The molecule has 2 saturated heterocycles. The molecule has 3 aliphatic rings. The van der Waals surface area contributed by atoms with Crippen LogP contribution in [0.25, 0.3) is 10.3 Å². The van der Waals surface area contributed by atoms with E-state index < -0.39 is 0 Å². The largest absolute Gasteiger partial charge is 0.393 e. The third-order valence-corrected chi connectivity index (χ3v) is 11.3. The molecule has 1 unspecified atom stereocenters. The molecule has 3 amide bonds. The Morgan fingerprint density at radius 2 is 1.87 bits per heavy atom. The van der Waals surface area contributed by atoms with E-state index in [1.54, 1.807) is 18.0 Å². The molecular formula is C36H48N6O4S. The van der Waals surface area contributed by atoms with Crippen LogP contribution in [-0.2, 0) is 17.6 Å². The molecular weight excluding hydrogens is 613 g/mol. The lowest BCUT2D eigenvalue weighted by Gasteiger charge is -2.34. The van der Waals surface area contributed by atoms with Gasteiger partial charge in [0.2, 0.25) is 5.91 Å². The number of amides is 3. The Kier molecular flexibility index (Phi) is 9.96. The zero-order chi connectivity index (χ0) is 33.3. The van der Waals surface area contributed by atoms with Gasteiger partial charge in [-0.05, 0) is 79.2 Å². The summed E-state index contributed by atoms with van der Waals surface area (Å²) in [6, 6.07) is 9.22. The number of hydrogen-bond acceptors (Lipinski definition) is 8. The number of nitrogens with zero attached hydrogens (tertiary/aromatic N) is 4. The Balaban J connectivity index is 1.18. The zero-order valence-electron chi connectivity index (χ0n) is 28.1. The molecule has 10 nitrogen and oxygen atoms in total. The molecule has 3 aromatic rings. The van der Waals surface area contributed by atoms with E-state index >= 15 is 0 Å². The number of rotatable bonds is 9. The van der Waals surface area contributed by atoms with Gasteiger partial charge in [0, 0.05) is 63.4 Å². The molecule has 4 heterocycles. The molecule has 6 rings (SSSR count). The van der Waals surface area contributed by atoms with E-state index in [1.807, 2.05) is 18.2 Å². The third-order valence-electron chi connectivity index (χ3n) is 10.3. The maximum Gasteiger partial charge on any atom is 0.280 e. The minimum absolute atomic E-state index is 0.100. The van der Waals surface area contributed by atoms with E-state index in [-0.39, 0.29) is 41.2 Å². The predicted molar refractivity (Wildman–Crippen MR) is 183 cm³/mol. The van der Waals surface area contributed by atoms with Crippen molar-refractivity contribution >= 4 is 39.4 Å². The van der Waals surface area contributed by atoms with Crippen LogP contribution < -0.4 is 10.6 Å². The van der Waals surface area contributed by atoms with Crippen molar-refractivity contribution in [3.63, 3.8) is 0 Å². The number of nitrogens with one attached hydrogen (secondary N) is 2. The number of aromatic nitrogens is 2. The summed E-state index contributed by atoms with van der Waals surface area (Å²) in [6.07, 6.45) is 5.38. The van der Waals surface area contributed by atoms with Crippen molar-refractivity contribution in [1.29, 1.82) is 0 Å². The molecule has 3 N–H and O–H groups in total. The van der Waals surface area contributed by atoms with Gasteiger partial charge in [0.15, 0.2) is 5.01 Å². The van der Waals surface area contributed by atoms with Crippen LogP contribution in [0.3, 0.4) is 0 Å².